The highest BCUT2D eigenvalue weighted by atomic mass is 35.5. The summed E-state index contributed by atoms with van der Waals surface area (Å²) >= 11 is 5.79. The summed E-state index contributed by atoms with van der Waals surface area (Å²) in [5.41, 5.74) is 1.26. The maximum atomic E-state index is 12.5. The van der Waals surface area contributed by atoms with E-state index in [1.54, 1.807) is 6.07 Å². The Bertz CT molecular complexity index is 884. The first kappa shape index (κ1) is 18.0. The molecule has 7 nitrogen and oxygen atoms in total. The van der Waals surface area contributed by atoms with Crippen LogP contribution in [-0.4, -0.2) is 23.5 Å². The topological polar surface area (TPSA) is 90.7 Å². The summed E-state index contributed by atoms with van der Waals surface area (Å²) in [5.74, 6) is 0.718. The summed E-state index contributed by atoms with van der Waals surface area (Å²) in [4.78, 5) is 22.9. The third-order valence-corrected chi connectivity index (χ3v) is 4.27. The maximum absolute atomic E-state index is 12.5. The summed E-state index contributed by atoms with van der Waals surface area (Å²) in [7, 11) is 0. The molecule has 1 N–H and O–H groups in total. The molecule has 8 heteroatoms. The van der Waals surface area contributed by atoms with Crippen LogP contribution in [-0.2, 0) is 6.42 Å². The first-order valence-corrected chi connectivity index (χ1v) is 8.48. The van der Waals surface area contributed by atoms with Crippen LogP contribution in [0.15, 0.2) is 30.3 Å². The van der Waals surface area contributed by atoms with E-state index in [9.17, 15) is 14.9 Å². The van der Waals surface area contributed by atoms with Gasteiger partial charge in [0, 0.05) is 29.7 Å². The van der Waals surface area contributed by atoms with E-state index < -0.39 is 10.8 Å². The zero-order valence-corrected chi connectivity index (χ0v) is 15.0. The fourth-order valence-corrected chi connectivity index (χ4v) is 2.99. The van der Waals surface area contributed by atoms with E-state index >= 15 is 0 Å². The number of nitro groups is 1. The van der Waals surface area contributed by atoms with Crippen molar-refractivity contribution >= 4 is 28.9 Å². The van der Waals surface area contributed by atoms with Crippen molar-refractivity contribution in [3.63, 3.8) is 0 Å². The van der Waals surface area contributed by atoms with E-state index in [1.807, 2.05) is 19.9 Å². The Morgan fingerprint density at radius 2 is 2.19 bits per heavy atom. The van der Waals surface area contributed by atoms with Crippen molar-refractivity contribution < 1.29 is 19.2 Å². The number of anilines is 1. The van der Waals surface area contributed by atoms with Crippen LogP contribution in [0.2, 0.25) is 5.02 Å². The molecule has 1 amide bonds. The number of carbonyl (C=O) groups is 1. The average molecular weight is 377 g/mol. The van der Waals surface area contributed by atoms with Crippen LogP contribution in [0.4, 0.5) is 11.4 Å². The number of benzene rings is 2. The quantitative estimate of drug-likeness (QED) is 0.623. The number of ether oxygens (including phenoxy) is 2. The zero-order valence-electron chi connectivity index (χ0n) is 14.2. The molecule has 0 radical (unpaired) electrons. The normalized spacial score (nSPS) is 15.1. The molecule has 136 valence electrons. The second-order valence-corrected chi connectivity index (χ2v) is 6.31. The van der Waals surface area contributed by atoms with Crippen LogP contribution >= 0.6 is 11.6 Å². The summed E-state index contributed by atoms with van der Waals surface area (Å²) in [5, 5.41) is 13.7. The van der Waals surface area contributed by atoms with Gasteiger partial charge in [-0.3, -0.25) is 14.9 Å². The number of nitrogens with one attached hydrogen (secondary N) is 1. The van der Waals surface area contributed by atoms with E-state index in [4.69, 9.17) is 21.1 Å². The first-order valence-electron chi connectivity index (χ1n) is 8.10. The van der Waals surface area contributed by atoms with Crippen LogP contribution < -0.4 is 14.8 Å². The lowest BCUT2D eigenvalue weighted by atomic mass is 10.1. The summed E-state index contributed by atoms with van der Waals surface area (Å²) < 4.78 is 11.3. The van der Waals surface area contributed by atoms with Crippen molar-refractivity contribution in [2.75, 3.05) is 11.9 Å². The summed E-state index contributed by atoms with van der Waals surface area (Å²) in [6, 6.07) is 7.46. The van der Waals surface area contributed by atoms with Crippen molar-refractivity contribution in [2.45, 2.75) is 26.4 Å². The number of nitro benzene ring substituents is 1. The van der Waals surface area contributed by atoms with Crippen LogP contribution in [0, 0.1) is 10.1 Å². The highest BCUT2D eigenvalue weighted by Gasteiger charge is 2.23. The number of amides is 1. The molecule has 26 heavy (non-hydrogen) atoms. The Morgan fingerprint density at radius 3 is 2.88 bits per heavy atom. The van der Waals surface area contributed by atoms with Gasteiger partial charge in [0.1, 0.15) is 22.6 Å². The van der Waals surface area contributed by atoms with Crippen molar-refractivity contribution in [3.05, 3.63) is 56.6 Å². The van der Waals surface area contributed by atoms with Gasteiger partial charge in [-0.1, -0.05) is 11.6 Å². The molecule has 0 saturated heterocycles. The van der Waals surface area contributed by atoms with Crippen molar-refractivity contribution in [3.8, 4) is 11.5 Å². The summed E-state index contributed by atoms with van der Waals surface area (Å²) in [6.45, 7) is 4.25. The largest absolute Gasteiger partial charge is 0.492 e. The van der Waals surface area contributed by atoms with Gasteiger partial charge in [0.05, 0.1) is 17.2 Å². The SMILES string of the molecule is CCOc1cc2c(cc1NC(=O)c1ccc(Cl)c([N+](=O)[O-])c1)OC(C)C2. The maximum Gasteiger partial charge on any atom is 0.288 e. The summed E-state index contributed by atoms with van der Waals surface area (Å²) in [6.07, 6.45) is 0.830. The molecule has 0 spiro atoms. The Balaban J connectivity index is 1.91. The monoisotopic (exact) mass is 376 g/mol. The Hall–Kier alpha value is -2.80. The molecule has 0 aromatic heterocycles. The van der Waals surface area contributed by atoms with E-state index in [-0.39, 0.29) is 22.4 Å². The third-order valence-electron chi connectivity index (χ3n) is 3.95. The lowest BCUT2D eigenvalue weighted by Crippen LogP contribution is -2.13. The van der Waals surface area contributed by atoms with Crippen molar-refractivity contribution in [2.24, 2.45) is 0 Å². The second-order valence-electron chi connectivity index (χ2n) is 5.90. The Labute approximate surface area is 155 Å². The molecule has 1 aliphatic heterocycles. The predicted octanol–water partition coefficient (Wildman–Crippen LogP) is 4.22. The van der Waals surface area contributed by atoms with E-state index in [0.29, 0.717) is 23.8 Å². The van der Waals surface area contributed by atoms with Crippen LogP contribution in [0.3, 0.4) is 0 Å². The van der Waals surface area contributed by atoms with Crippen LogP contribution in [0.1, 0.15) is 29.8 Å². The van der Waals surface area contributed by atoms with Gasteiger partial charge >= 0.3 is 0 Å². The predicted molar refractivity (Wildman–Crippen MR) is 97.5 cm³/mol. The molecule has 2 aromatic rings. The number of hydrogen-bond acceptors (Lipinski definition) is 5. The Morgan fingerprint density at radius 1 is 1.42 bits per heavy atom. The fraction of sp³-hybridized carbons (Fsp3) is 0.278. The highest BCUT2D eigenvalue weighted by Crippen LogP contribution is 2.38. The van der Waals surface area contributed by atoms with Gasteiger partial charge < -0.3 is 14.8 Å². The molecule has 3 rings (SSSR count). The molecule has 1 aliphatic rings. The average Bonchev–Trinajstić information content (AvgIpc) is 2.94. The van der Waals surface area contributed by atoms with Gasteiger partial charge in [-0.25, -0.2) is 0 Å². The number of carbonyl (C=O) groups excluding carboxylic acids is 1. The second kappa shape index (κ2) is 7.21. The zero-order chi connectivity index (χ0) is 18.8. The first-order chi connectivity index (χ1) is 12.4. The van der Waals surface area contributed by atoms with E-state index in [1.165, 1.54) is 12.1 Å². The minimum absolute atomic E-state index is 0.0264. The van der Waals surface area contributed by atoms with Gasteiger partial charge in [0.15, 0.2) is 0 Å². The smallest absolute Gasteiger partial charge is 0.288 e. The van der Waals surface area contributed by atoms with E-state index in [2.05, 4.69) is 5.32 Å². The van der Waals surface area contributed by atoms with Crippen molar-refractivity contribution in [1.29, 1.82) is 0 Å². The molecule has 0 aliphatic carbocycles. The fourth-order valence-electron chi connectivity index (χ4n) is 2.80. The van der Waals surface area contributed by atoms with E-state index in [0.717, 1.165) is 18.1 Å². The van der Waals surface area contributed by atoms with Crippen LogP contribution in [0.5, 0.6) is 11.5 Å². The number of nitrogens with zero attached hydrogens (tertiary/aromatic N) is 1. The molecule has 2 aromatic carbocycles. The molecular weight excluding hydrogens is 360 g/mol. The number of fused-ring (bicyclic) bond motifs is 1. The Kier molecular flexibility index (Phi) is 4.99. The van der Waals surface area contributed by atoms with Crippen molar-refractivity contribution in [1.82, 2.24) is 0 Å². The third kappa shape index (κ3) is 3.57. The molecule has 0 fully saturated rings. The highest BCUT2D eigenvalue weighted by molar-refractivity contribution is 6.32. The standard InChI is InChI=1S/C18H17ClN2O5/c1-3-25-17-8-12-6-10(2)26-16(12)9-14(17)20-18(22)11-4-5-13(19)15(7-11)21(23)24/h4-5,7-10H,3,6H2,1-2H3,(H,20,22). The van der Waals surface area contributed by atoms with Gasteiger partial charge in [0.25, 0.3) is 11.6 Å². The molecule has 1 atom stereocenters. The minimum atomic E-state index is -0.630. The van der Waals surface area contributed by atoms with Gasteiger partial charge in [-0.15, -0.1) is 0 Å². The number of halogens is 1. The molecule has 1 unspecified atom stereocenters. The number of hydrogen-bond donors (Lipinski definition) is 1. The molecule has 0 saturated carbocycles. The lowest BCUT2D eigenvalue weighted by Gasteiger charge is -2.13. The molecule has 1 heterocycles. The molecule has 0 bridgehead atoms. The van der Waals surface area contributed by atoms with Gasteiger partial charge in [-0.2, -0.15) is 0 Å². The number of rotatable bonds is 5. The molecular formula is C18H17ClN2O5. The lowest BCUT2D eigenvalue weighted by molar-refractivity contribution is -0.384. The van der Waals surface area contributed by atoms with Gasteiger partial charge in [0.2, 0.25) is 0 Å². The van der Waals surface area contributed by atoms with Gasteiger partial charge in [-0.05, 0) is 32.0 Å². The van der Waals surface area contributed by atoms with Crippen LogP contribution in [0.25, 0.3) is 0 Å². The minimum Gasteiger partial charge on any atom is -0.492 e.